The largest absolute Gasteiger partial charge is 0.462 e. The van der Waals surface area contributed by atoms with E-state index in [0.717, 1.165) is 75.5 Å². The van der Waals surface area contributed by atoms with Crippen molar-refractivity contribution in [2.75, 3.05) is 13.2 Å². The molecule has 0 saturated heterocycles. The molecule has 0 bridgehead atoms. The van der Waals surface area contributed by atoms with E-state index in [1.807, 2.05) is 0 Å². The molecule has 0 unspecified atom stereocenters. The van der Waals surface area contributed by atoms with Crippen molar-refractivity contribution in [2.45, 2.75) is 330 Å². The fourth-order valence-electron chi connectivity index (χ4n) is 9.00. The summed E-state index contributed by atoms with van der Waals surface area (Å²) in [6.45, 7) is 13.8. The van der Waals surface area contributed by atoms with E-state index in [4.69, 9.17) is 14.2 Å². The average molecular weight is 920 g/mol. The Labute approximate surface area is 406 Å². The quantitative estimate of drug-likeness (QED) is 0.0344. The zero-order valence-electron chi connectivity index (χ0n) is 44.8. The van der Waals surface area contributed by atoms with Crippen LogP contribution in [-0.4, -0.2) is 37.2 Å². The van der Waals surface area contributed by atoms with E-state index in [9.17, 15) is 14.4 Å². The van der Waals surface area contributed by atoms with Crippen LogP contribution in [-0.2, 0) is 28.6 Å². The summed E-state index contributed by atoms with van der Waals surface area (Å²) < 4.78 is 16.9. The Morgan fingerprint density at radius 1 is 0.262 bits per heavy atom. The Kier molecular flexibility index (Phi) is 49.1. The molecule has 1 atom stereocenters. The molecule has 0 spiro atoms. The Morgan fingerprint density at radius 2 is 0.446 bits per heavy atom. The second kappa shape index (κ2) is 50.3. The molecule has 0 heterocycles. The SMILES string of the molecule is CC(C)CCCCCCCCCCCCCCCCC(=O)OC[C@@H](COC(=O)CCCCCCCCCCCCCC(C)C)OC(=O)CCCCCCCCCCCCCCCC(C)C. The van der Waals surface area contributed by atoms with E-state index in [1.165, 1.54) is 205 Å². The van der Waals surface area contributed by atoms with Crippen LogP contribution in [0, 0.1) is 17.8 Å². The lowest BCUT2D eigenvalue weighted by Gasteiger charge is -2.18. The van der Waals surface area contributed by atoms with Crippen LogP contribution in [0.4, 0.5) is 0 Å². The number of hydrogen-bond donors (Lipinski definition) is 0. The van der Waals surface area contributed by atoms with E-state index in [2.05, 4.69) is 41.5 Å². The zero-order chi connectivity index (χ0) is 47.7. The van der Waals surface area contributed by atoms with Crippen molar-refractivity contribution in [3.05, 3.63) is 0 Å². The van der Waals surface area contributed by atoms with Crippen molar-refractivity contribution in [3.63, 3.8) is 0 Å². The number of carbonyl (C=O) groups is 3. The lowest BCUT2D eigenvalue weighted by atomic mass is 10.0. The standard InChI is InChI=1S/C59H114O6/c1-53(2)45-39-33-27-21-15-10-7-8-12-18-24-30-36-42-48-57(60)63-51-56(52-64-58(61)49-43-37-31-25-20-14-17-23-29-35-41-47-55(5)6)65-59(62)50-44-38-32-26-19-13-9-11-16-22-28-34-40-46-54(3)4/h53-56H,7-52H2,1-6H3/t56-/m0/s1. The third-order valence-corrected chi connectivity index (χ3v) is 13.4. The predicted molar refractivity (Wildman–Crippen MR) is 279 cm³/mol. The molecule has 0 aromatic rings. The van der Waals surface area contributed by atoms with Gasteiger partial charge in [0.05, 0.1) is 0 Å². The summed E-state index contributed by atoms with van der Waals surface area (Å²) in [6, 6.07) is 0. The van der Waals surface area contributed by atoms with E-state index < -0.39 is 6.10 Å². The van der Waals surface area contributed by atoms with E-state index in [0.29, 0.717) is 19.3 Å². The van der Waals surface area contributed by atoms with Crippen molar-refractivity contribution in [2.24, 2.45) is 17.8 Å². The van der Waals surface area contributed by atoms with Gasteiger partial charge in [-0.3, -0.25) is 14.4 Å². The van der Waals surface area contributed by atoms with Crippen molar-refractivity contribution in [1.29, 1.82) is 0 Å². The lowest BCUT2D eigenvalue weighted by Crippen LogP contribution is -2.30. The maximum absolute atomic E-state index is 12.9. The Hall–Kier alpha value is -1.59. The van der Waals surface area contributed by atoms with Crippen LogP contribution in [0.5, 0.6) is 0 Å². The van der Waals surface area contributed by atoms with Crippen molar-refractivity contribution < 1.29 is 28.6 Å². The van der Waals surface area contributed by atoms with Gasteiger partial charge >= 0.3 is 17.9 Å². The summed E-state index contributed by atoms with van der Waals surface area (Å²) in [7, 11) is 0. The van der Waals surface area contributed by atoms with Crippen molar-refractivity contribution in [1.82, 2.24) is 0 Å². The normalized spacial score (nSPS) is 12.1. The molecule has 65 heavy (non-hydrogen) atoms. The van der Waals surface area contributed by atoms with Gasteiger partial charge in [0.1, 0.15) is 13.2 Å². The molecule has 0 aliphatic rings. The number of esters is 3. The van der Waals surface area contributed by atoms with Gasteiger partial charge in [0, 0.05) is 19.3 Å². The minimum absolute atomic E-state index is 0.0634. The lowest BCUT2D eigenvalue weighted by molar-refractivity contribution is -0.167. The van der Waals surface area contributed by atoms with E-state index >= 15 is 0 Å². The molecule has 0 aromatic heterocycles. The molecule has 0 rings (SSSR count). The maximum Gasteiger partial charge on any atom is 0.306 e. The van der Waals surface area contributed by atoms with Crippen LogP contribution in [0.25, 0.3) is 0 Å². The van der Waals surface area contributed by atoms with Gasteiger partial charge in [-0.15, -0.1) is 0 Å². The highest BCUT2D eigenvalue weighted by molar-refractivity contribution is 5.71. The van der Waals surface area contributed by atoms with Crippen LogP contribution in [0.3, 0.4) is 0 Å². The molecule has 0 aliphatic carbocycles. The third-order valence-electron chi connectivity index (χ3n) is 13.4. The van der Waals surface area contributed by atoms with E-state index in [-0.39, 0.29) is 31.1 Å². The van der Waals surface area contributed by atoms with Crippen LogP contribution < -0.4 is 0 Å². The number of ether oxygens (including phenoxy) is 3. The first-order valence-corrected chi connectivity index (χ1v) is 29.1. The Bertz CT molecular complexity index is 1010. The van der Waals surface area contributed by atoms with Crippen LogP contribution in [0.1, 0.15) is 324 Å². The van der Waals surface area contributed by atoms with Crippen LogP contribution in [0.15, 0.2) is 0 Å². The monoisotopic (exact) mass is 919 g/mol. The molecule has 0 amide bonds. The summed E-state index contributed by atoms with van der Waals surface area (Å²) in [5.74, 6) is 1.67. The van der Waals surface area contributed by atoms with E-state index in [1.54, 1.807) is 0 Å². The Balaban J connectivity index is 4.30. The van der Waals surface area contributed by atoms with Gasteiger partial charge in [0.15, 0.2) is 6.10 Å². The summed E-state index contributed by atoms with van der Waals surface area (Å²) in [4.78, 5) is 38.2. The van der Waals surface area contributed by atoms with Crippen molar-refractivity contribution >= 4 is 17.9 Å². The van der Waals surface area contributed by atoms with Crippen LogP contribution in [0.2, 0.25) is 0 Å². The highest BCUT2D eigenvalue weighted by Crippen LogP contribution is 2.18. The molecule has 0 aliphatic heterocycles. The van der Waals surface area contributed by atoms with Crippen LogP contribution >= 0.6 is 0 Å². The van der Waals surface area contributed by atoms with Gasteiger partial charge in [-0.05, 0) is 37.0 Å². The summed E-state index contributed by atoms with van der Waals surface area (Å²) >= 11 is 0. The van der Waals surface area contributed by atoms with Gasteiger partial charge in [-0.25, -0.2) is 0 Å². The van der Waals surface area contributed by atoms with Gasteiger partial charge in [-0.2, -0.15) is 0 Å². The first kappa shape index (κ1) is 63.4. The molecular formula is C59H114O6. The van der Waals surface area contributed by atoms with Gasteiger partial charge < -0.3 is 14.2 Å². The number of carbonyl (C=O) groups excluding carboxylic acids is 3. The first-order valence-electron chi connectivity index (χ1n) is 29.1. The summed E-state index contributed by atoms with van der Waals surface area (Å²) in [5, 5.41) is 0. The van der Waals surface area contributed by atoms with Gasteiger partial charge in [-0.1, -0.05) is 286 Å². The predicted octanol–water partition coefficient (Wildman–Crippen LogP) is 19.1. The number of hydrogen-bond acceptors (Lipinski definition) is 6. The Morgan fingerprint density at radius 3 is 0.662 bits per heavy atom. The molecule has 0 fully saturated rings. The van der Waals surface area contributed by atoms with Gasteiger partial charge in [0.25, 0.3) is 0 Å². The topological polar surface area (TPSA) is 78.9 Å². The molecule has 0 saturated carbocycles. The average Bonchev–Trinajstić information content (AvgIpc) is 3.26. The molecule has 0 N–H and O–H groups in total. The van der Waals surface area contributed by atoms with Gasteiger partial charge in [0.2, 0.25) is 0 Å². The summed E-state index contributed by atoms with van der Waals surface area (Å²) in [6.07, 6.45) is 52.3. The molecule has 386 valence electrons. The number of rotatable bonds is 52. The second-order valence-corrected chi connectivity index (χ2v) is 21.7. The third kappa shape index (κ3) is 53.2. The number of unbranched alkanes of at least 4 members (excludes halogenated alkanes) is 35. The minimum Gasteiger partial charge on any atom is -0.462 e. The highest BCUT2D eigenvalue weighted by atomic mass is 16.6. The molecule has 0 radical (unpaired) electrons. The highest BCUT2D eigenvalue weighted by Gasteiger charge is 2.19. The fraction of sp³-hybridized carbons (Fsp3) is 0.949. The second-order valence-electron chi connectivity index (χ2n) is 21.7. The first-order chi connectivity index (χ1) is 31.6. The minimum atomic E-state index is -0.764. The maximum atomic E-state index is 12.9. The summed E-state index contributed by atoms with van der Waals surface area (Å²) in [5.41, 5.74) is 0. The molecule has 0 aromatic carbocycles. The molecule has 6 heteroatoms. The smallest absolute Gasteiger partial charge is 0.306 e. The molecule has 6 nitrogen and oxygen atoms in total. The molecular weight excluding hydrogens is 805 g/mol. The zero-order valence-corrected chi connectivity index (χ0v) is 44.8. The fourth-order valence-corrected chi connectivity index (χ4v) is 9.00. The van der Waals surface area contributed by atoms with Crippen molar-refractivity contribution in [3.8, 4) is 0 Å².